The summed E-state index contributed by atoms with van der Waals surface area (Å²) in [6, 6.07) is 11.7. The van der Waals surface area contributed by atoms with Gasteiger partial charge in [-0.1, -0.05) is 156 Å². The maximum Gasteiger partial charge on any atom is 0.343 e. The van der Waals surface area contributed by atoms with Crippen molar-refractivity contribution in [3.63, 3.8) is 0 Å². The van der Waals surface area contributed by atoms with Crippen LogP contribution in [0, 0.1) is 20.2 Å². The fourth-order valence-electron chi connectivity index (χ4n) is 7.24. The molecule has 3 aromatic carbocycles. The first-order valence-electron chi connectivity index (χ1n) is 23.6. The fraction of sp³-hybridized carbons (Fsp3) is 0.600. The van der Waals surface area contributed by atoms with E-state index in [1.165, 1.54) is 121 Å². The minimum atomic E-state index is -0.790. The largest absolute Gasteiger partial charge is 0.490 e. The smallest absolute Gasteiger partial charge is 0.343 e. The maximum atomic E-state index is 13.8. The highest BCUT2D eigenvalue weighted by Gasteiger charge is 2.23. The summed E-state index contributed by atoms with van der Waals surface area (Å²) < 4.78 is 25.0. The van der Waals surface area contributed by atoms with Crippen molar-refractivity contribution in [2.45, 2.75) is 175 Å². The summed E-state index contributed by atoms with van der Waals surface area (Å²) in [4.78, 5) is 48.2. The Morgan fingerprint density at radius 2 is 0.823 bits per heavy atom. The molecular weight excluding hydrogens is 789 g/mol. The molecule has 0 spiro atoms. The first-order valence-corrected chi connectivity index (χ1v) is 23.6. The number of unbranched alkanes of at least 4 members (excludes halogenated alkanes) is 21. The van der Waals surface area contributed by atoms with E-state index in [-0.39, 0.29) is 22.4 Å². The van der Waals surface area contributed by atoms with Gasteiger partial charge in [-0.25, -0.2) is 4.79 Å². The third kappa shape index (κ3) is 19.8. The number of esters is 1. The maximum absolute atomic E-state index is 13.8. The Labute approximate surface area is 369 Å². The van der Waals surface area contributed by atoms with Crippen molar-refractivity contribution >= 4 is 23.1 Å². The Morgan fingerprint density at radius 3 is 1.21 bits per heavy atom. The predicted molar refractivity (Wildman–Crippen MR) is 245 cm³/mol. The van der Waals surface area contributed by atoms with Gasteiger partial charge < -0.3 is 18.9 Å². The minimum absolute atomic E-state index is 0.103. The SMILES string of the molecule is CCCCCCCCCCOc1cc(C(=O)Oc2ccc(C(=O)c3cc([N+](=O)[O-])cc([N+](=O)[O-])c3)cc2)cc(OCCCCCCCCCC)c1OCCCCCCCCCC. The van der Waals surface area contributed by atoms with Gasteiger partial charge in [-0.15, -0.1) is 0 Å². The second-order valence-electron chi connectivity index (χ2n) is 16.3. The molecule has 342 valence electrons. The van der Waals surface area contributed by atoms with Crippen LogP contribution in [0.25, 0.3) is 0 Å². The van der Waals surface area contributed by atoms with E-state index >= 15 is 0 Å². The zero-order chi connectivity index (χ0) is 44.8. The number of hydrogen-bond acceptors (Lipinski definition) is 10. The Balaban J connectivity index is 1.80. The average molecular weight is 861 g/mol. The lowest BCUT2D eigenvalue weighted by atomic mass is 10.0. The molecule has 0 saturated heterocycles. The van der Waals surface area contributed by atoms with Crippen LogP contribution in [0.15, 0.2) is 54.6 Å². The molecule has 0 heterocycles. The van der Waals surface area contributed by atoms with Gasteiger partial charge in [0.05, 0.1) is 41.3 Å². The number of nitro benzene ring substituents is 2. The van der Waals surface area contributed by atoms with E-state index in [4.69, 9.17) is 18.9 Å². The number of carbonyl (C=O) groups is 2. The standard InChI is InChI=1S/C50H72N2O10/c1-4-7-10-13-16-19-22-25-32-59-46-37-42(50(54)62-45-30-28-40(29-31-45)48(53)41-35-43(51(55)56)39-44(36-41)52(57)58)38-47(60-33-26-23-20-17-14-11-8-5-2)49(46)61-34-27-24-21-18-15-12-9-6-3/h28-31,35-39H,4-27,32-34H2,1-3H3. The number of ketones is 1. The Morgan fingerprint density at radius 1 is 0.452 bits per heavy atom. The average Bonchev–Trinajstić information content (AvgIpc) is 3.27. The summed E-state index contributed by atoms with van der Waals surface area (Å²) in [7, 11) is 0. The summed E-state index contributed by atoms with van der Waals surface area (Å²) in [6.07, 6.45) is 27.9. The number of carbonyl (C=O) groups excluding carboxylic acids is 2. The number of ether oxygens (including phenoxy) is 4. The number of non-ortho nitro benzene ring substituents is 2. The van der Waals surface area contributed by atoms with E-state index in [1.807, 2.05) is 0 Å². The van der Waals surface area contributed by atoms with Crippen LogP contribution in [0.2, 0.25) is 0 Å². The molecule has 0 saturated carbocycles. The lowest BCUT2D eigenvalue weighted by molar-refractivity contribution is -0.394. The van der Waals surface area contributed by atoms with Crippen molar-refractivity contribution in [1.82, 2.24) is 0 Å². The van der Waals surface area contributed by atoms with Gasteiger partial charge in [0.2, 0.25) is 5.75 Å². The van der Waals surface area contributed by atoms with E-state index in [1.54, 1.807) is 12.1 Å². The van der Waals surface area contributed by atoms with Crippen molar-refractivity contribution < 1.29 is 38.4 Å². The normalized spacial score (nSPS) is 11.0. The molecule has 0 aromatic heterocycles. The van der Waals surface area contributed by atoms with E-state index in [0.717, 1.165) is 76.0 Å². The molecule has 3 aromatic rings. The van der Waals surface area contributed by atoms with Crippen molar-refractivity contribution in [2.24, 2.45) is 0 Å². The number of rotatable bonds is 36. The number of nitrogens with zero attached hydrogens (tertiary/aromatic N) is 2. The molecule has 0 aliphatic rings. The monoisotopic (exact) mass is 861 g/mol. The first-order chi connectivity index (χ1) is 30.2. The molecule has 0 radical (unpaired) electrons. The molecule has 0 atom stereocenters. The van der Waals surface area contributed by atoms with Crippen LogP contribution in [0.4, 0.5) is 11.4 Å². The fourth-order valence-corrected chi connectivity index (χ4v) is 7.24. The van der Waals surface area contributed by atoms with Gasteiger partial charge in [0.15, 0.2) is 17.3 Å². The van der Waals surface area contributed by atoms with Crippen LogP contribution in [0.5, 0.6) is 23.0 Å². The molecule has 12 heteroatoms. The molecule has 3 rings (SSSR count). The van der Waals surface area contributed by atoms with E-state index in [9.17, 15) is 29.8 Å². The van der Waals surface area contributed by atoms with Crippen LogP contribution in [-0.4, -0.2) is 41.4 Å². The second-order valence-corrected chi connectivity index (χ2v) is 16.3. The zero-order valence-electron chi connectivity index (χ0n) is 37.8. The molecule has 62 heavy (non-hydrogen) atoms. The van der Waals surface area contributed by atoms with E-state index < -0.39 is 33.0 Å². The Kier molecular flexibility index (Phi) is 25.6. The molecule has 0 unspecified atom stereocenters. The van der Waals surface area contributed by atoms with Crippen LogP contribution in [0.3, 0.4) is 0 Å². The molecule has 0 fully saturated rings. The molecule has 12 nitrogen and oxygen atoms in total. The summed E-state index contributed by atoms with van der Waals surface area (Å²) in [5.41, 5.74) is -1.03. The summed E-state index contributed by atoms with van der Waals surface area (Å²) in [6.45, 7) is 8.09. The van der Waals surface area contributed by atoms with E-state index in [0.29, 0.717) is 37.1 Å². The lowest BCUT2D eigenvalue weighted by Gasteiger charge is -2.19. The van der Waals surface area contributed by atoms with Crippen molar-refractivity contribution in [2.75, 3.05) is 19.8 Å². The molecular formula is C50H72N2O10. The Hall–Kier alpha value is -5.00. The van der Waals surface area contributed by atoms with Gasteiger partial charge >= 0.3 is 5.97 Å². The minimum Gasteiger partial charge on any atom is -0.490 e. The van der Waals surface area contributed by atoms with Crippen LogP contribution >= 0.6 is 0 Å². The van der Waals surface area contributed by atoms with Crippen molar-refractivity contribution in [1.29, 1.82) is 0 Å². The second kappa shape index (κ2) is 30.9. The van der Waals surface area contributed by atoms with Crippen LogP contribution in [0.1, 0.15) is 201 Å². The topological polar surface area (TPSA) is 157 Å². The summed E-state index contributed by atoms with van der Waals surface area (Å²) >= 11 is 0. The highest BCUT2D eigenvalue weighted by Crippen LogP contribution is 2.40. The molecule has 0 aliphatic carbocycles. The molecule has 0 N–H and O–H groups in total. The summed E-state index contributed by atoms with van der Waals surface area (Å²) in [5, 5.41) is 22.8. The van der Waals surface area contributed by atoms with Gasteiger partial charge in [-0.3, -0.25) is 25.0 Å². The van der Waals surface area contributed by atoms with Crippen LogP contribution in [-0.2, 0) is 0 Å². The lowest BCUT2D eigenvalue weighted by Crippen LogP contribution is -2.12. The van der Waals surface area contributed by atoms with Gasteiger partial charge in [-0.05, 0) is 55.7 Å². The van der Waals surface area contributed by atoms with Crippen LogP contribution < -0.4 is 18.9 Å². The molecule has 0 amide bonds. The molecule has 0 aliphatic heterocycles. The highest BCUT2D eigenvalue weighted by molar-refractivity contribution is 6.09. The Bertz CT molecular complexity index is 1700. The van der Waals surface area contributed by atoms with E-state index in [2.05, 4.69) is 20.8 Å². The third-order valence-electron chi connectivity index (χ3n) is 10.9. The predicted octanol–water partition coefficient (Wildman–Crippen LogP) is 14.5. The highest BCUT2D eigenvalue weighted by atomic mass is 16.6. The van der Waals surface area contributed by atoms with Crippen molar-refractivity contribution in [3.05, 3.63) is 91.5 Å². The first kappa shape index (κ1) is 51.4. The third-order valence-corrected chi connectivity index (χ3v) is 10.9. The van der Waals surface area contributed by atoms with Gasteiger partial charge in [-0.2, -0.15) is 0 Å². The van der Waals surface area contributed by atoms with Gasteiger partial charge in [0.25, 0.3) is 11.4 Å². The number of nitro groups is 2. The number of hydrogen-bond donors (Lipinski definition) is 0. The number of benzene rings is 3. The zero-order valence-corrected chi connectivity index (χ0v) is 37.8. The quantitative estimate of drug-likeness (QED) is 0.0138. The van der Waals surface area contributed by atoms with Crippen molar-refractivity contribution in [3.8, 4) is 23.0 Å². The van der Waals surface area contributed by atoms with Gasteiger partial charge in [0, 0.05) is 23.3 Å². The molecule has 0 bridgehead atoms. The summed E-state index contributed by atoms with van der Waals surface area (Å²) in [5.74, 6) is 0.178. The van der Waals surface area contributed by atoms with Gasteiger partial charge in [0.1, 0.15) is 5.75 Å².